The lowest BCUT2D eigenvalue weighted by Gasteiger charge is -2.27. The second-order valence-electron chi connectivity index (χ2n) is 11.9. The second-order valence-corrected chi connectivity index (χ2v) is 12.3. The molecule has 2 heterocycles. The Bertz CT molecular complexity index is 1900. The van der Waals surface area contributed by atoms with Crippen LogP contribution in [0.4, 0.5) is 17.6 Å². The molecule has 2 aromatic carbocycles. The average molecular weight is 658 g/mol. The third kappa shape index (κ3) is 5.36. The van der Waals surface area contributed by atoms with Gasteiger partial charge in [-0.1, -0.05) is 23.7 Å². The van der Waals surface area contributed by atoms with E-state index in [9.17, 15) is 32.7 Å². The second kappa shape index (κ2) is 11.4. The van der Waals surface area contributed by atoms with Gasteiger partial charge in [-0.3, -0.25) is 14.3 Å². The van der Waals surface area contributed by atoms with E-state index in [0.29, 0.717) is 12.0 Å². The van der Waals surface area contributed by atoms with Crippen molar-refractivity contribution < 1.29 is 37.1 Å². The van der Waals surface area contributed by atoms with Crippen LogP contribution in [-0.4, -0.2) is 60.6 Å². The fourth-order valence-electron chi connectivity index (χ4n) is 6.34. The topological polar surface area (TPSA) is 110 Å². The first kappa shape index (κ1) is 31.5. The van der Waals surface area contributed by atoms with Gasteiger partial charge < -0.3 is 10.0 Å². The summed E-state index contributed by atoms with van der Waals surface area (Å²) in [6.45, 7) is 0.281. The number of rotatable bonds is 7. The van der Waals surface area contributed by atoms with E-state index in [1.165, 1.54) is 35.2 Å². The highest BCUT2D eigenvalue weighted by molar-refractivity contribution is 6.34. The molecule has 1 saturated carbocycles. The van der Waals surface area contributed by atoms with Crippen molar-refractivity contribution in [3.63, 3.8) is 0 Å². The number of aromatic carboxylic acids is 1. The lowest BCUT2D eigenvalue weighted by Crippen LogP contribution is -2.36. The molecule has 46 heavy (non-hydrogen) atoms. The Balaban J connectivity index is 1.44. The number of carboxylic acids is 1. The predicted molar refractivity (Wildman–Crippen MR) is 158 cm³/mol. The molecule has 1 N–H and O–H groups in total. The molecule has 1 atom stereocenters. The quantitative estimate of drug-likeness (QED) is 0.251. The van der Waals surface area contributed by atoms with E-state index in [0.717, 1.165) is 16.3 Å². The average Bonchev–Trinajstić information content (AvgIpc) is 3.62. The van der Waals surface area contributed by atoms with E-state index in [-0.39, 0.29) is 76.8 Å². The number of carboxylic acid groups (broad SMARTS) is 1. The fraction of sp³-hybridized carbons (Fsp3) is 0.344. The number of carbonyl (C=O) groups is 3. The molecule has 1 fully saturated rings. The van der Waals surface area contributed by atoms with Crippen molar-refractivity contribution in [1.29, 1.82) is 0 Å². The van der Waals surface area contributed by atoms with Crippen molar-refractivity contribution in [2.75, 3.05) is 7.05 Å². The molecule has 0 spiro atoms. The predicted octanol–water partition coefficient (Wildman–Crippen LogP) is 5.82. The zero-order valence-corrected chi connectivity index (χ0v) is 25.5. The maximum Gasteiger partial charge on any atom is 0.398 e. The lowest BCUT2D eigenvalue weighted by molar-refractivity contribution is -0.160. The van der Waals surface area contributed by atoms with Crippen molar-refractivity contribution in [3.8, 4) is 11.3 Å². The molecular weight excluding hydrogens is 630 g/mol. The smallest absolute Gasteiger partial charge is 0.398 e. The minimum Gasteiger partial charge on any atom is -0.478 e. The largest absolute Gasteiger partial charge is 0.478 e. The highest BCUT2D eigenvalue weighted by atomic mass is 35.5. The van der Waals surface area contributed by atoms with Crippen LogP contribution in [0.15, 0.2) is 48.8 Å². The fourth-order valence-corrected chi connectivity index (χ4v) is 6.60. The number of alkyl halides is 3. The summed E-state index contributed by atoms with van der Waals surface area (Å²) in [5.74, 6) is -4.00. The Morgan fingerprint density at radius 2 is 1.91 bits per heavy atom. The summed E-state index contributed by atoms with van der Waals surface area (Å²) in [5.41, 5.74) is -1.69. The van der Waals surface area contributed by atoms with Gasteiger partial charge in [-0.05, 0) is 55.5 Å². The number of amides is 1. The number of hydrogen-bond donors (Lipinski definition) is 1. The van der Waals surface area contributed by atoms with Crippen LogP contribution >= 0.6 is 11.6 Å². The first-order valence-electron chi connectivity index (χ1n) is 14.5. The zero-order chi connectivity index (χ0) is 33.1. The molecule has 2 aliphatic carbocycles. The molecule has 2 aromatic heterocycles. The van der Waals surface area contributed by atoms with Gasteiger partial charge in [0.2, 0.25) is 5.91 Å². The summed E-state index contributed by atoms with van der Waals surface area (Å²) in [6.07, 6.45) is -1.09. The normalized spacial score (nSPS) is 17.0. The number of aryl methyl sites for hydroxylation is 1. The molecule has 9 nitrogen and oxygen atoms in total. The van der Waals surface area contributed by atoms with E-state index >= 15 is 4.39 Å². The van der Waals surface area contributed by atoms with Crippen molar-refractivity contribution in [3.05, 3.63) is 93.1 Å². The minimum absolute atomic E-state index is 0.00329. The molecule has 1 amide bonds. The number of aromatic nitrogens is 4. The summed E-state index contributed by atoms with van der Waals surface area (Å²) in [4.78, 5) is 40.8. The Morgan fingerprint density at radius 3 is 2.52 bits per heavy atom. The number of nitrogens with zero attached hydrogens (tertiary/aromatic N) is 5. The molecule has 0 bridgehead atoms. The maximum atomic E-state index is 15.3. The first-order chi connectivity index (χ1) is 21.7. The SMILES string of the molecule is CN(Cc1cnn(C)c1)C(=O)C1CCc2c(-c3ccc(C(=O)O)cc3F)nn(C(=O)c3c(Cl)cccc3C3(C(F)(F)F)CC3)c2C1. The summed E-state index contributed by atoms with van der Waals surface area (Å²) < 4.78 is 60.7. The van der Waals surface area contributed by atoms with E-state index in [1.807, 2.05) is 0 Å². The number of benzene rings is 2. The van der Waals surface area contributed by atoms with Crippen LogP contribution in [-0.2, 0) is 36.6 Å². The third-order valence-electron chi connectivity index (χ3n) is 8.88. The Hall–Kier alpha value is -4.52. The summed E-state index contributed by atoms with van der Waals surface area (Å²) in [5, 5.41) is 17.7. The molecular formula is C32H28ClF4N5O4. The van der Waals surface area contributed by atoms with Gasteiger partial charge in [-0.15, -0.1) is 0 Å². The first-order valence-corrected chi connectivity index (χ1v) is 14.9. The van der Waals surface area contributed by atoms with Crippen LogP contribution in [0.2, 0.25) is 5.02 Å². The minimum atomic E-state index is -4.63. The van der Waals surface area contributed by atoms with Crippen molar-refractivity contribution in [2.45, 2.75) is 50.2 Å². The van der Waals surface area contributed by atoms with Crippen LogP contribution in [0.1, 0.15) is 62.4 Å². The van der Waals surface area contributed by atoms with E-state index in [2.05, 4.69) is 10.2 Å². The molecule has 4 aromatic rings. The Labute approximate surface area is 265 Å². The Kier molecular flexibility index (Phi) is 7.78. The van der Waals surface area contributed by atoms with Gasteiger partial charge in [0.05, 0.1) is 39.1 Å². The van der Waals surface area contributed by atoms with Gasteiger partial charge in [0, 0.05) is 55.9 Å². The highest BCUT2D eigenvalue weighted by Gasteiger charge is 2.65. The summed E-state index contributed by atoms with van der Waals surface area (Å²) in [7, 11) is 3.40. The van der Waals surface area contributed by atoms with Crippen molar-refractivity contribution >= 4 is 29.4 Å². The number of hydrogen-bond acceptors (Lipinski definition) is 5. The molecule has 0 aliphatic heterocycles. The lowest BCUT2D eigenvalue weighted by atomic mass is 9.84. The number of fused-ring (bicyclic) bond motifs is 1. The molecule has 6 rings (SSSR count). The summed E-state index contributed by atoms with van der Waals surface area (Å²) >= 11 is 6.42. The molecule has 240 valence electrons. The standard InChI is InChI=1S/C32H28ClF4N5O4/c1-40(15-17-14-38-41(2)16-17)28(43)18-6-9-21-25(13-18)42(39-27(21)20-8-7-19(30(45)46)12-24(20)34)29(44)26-22(4-3-5-23(26)33)31(10-11-31)32(35,36)37/h3-5,7-8,12,14,16,18H,6,9-11,13,15H2,1-2H3,(H,45,46). The number of halogens is 5. The number of carbonyl (C=O) groups excluding carboxylic acids is 2. The zero-order valence-electron chi connectivity index (χ0n) is 24.7. The van der Waals surface area contributed by atoms with Crippen molar-refractivity contribution in [2.24, 2.45) is 13.0 Å². The maximum absolute atomic E-state index is 15.3. The van der Waals surface area contributed by atoms with Gasteiger partial charge in [-0.2, -0.15) is 28.1 Å². The van der Waals surface area contributed by atoms with Crippen LogP contribution in [0, 0.1) is 11.7 Å². The van der Waals surface area contributed by atoms with E-state index in [4.69, 9.17) is 11.6 Å². The van der Waals surface area contributed by atoms with E-state index < -0.39 is 35.2 Å². The summed E-state index contributed by atoms with van der Waals surface area (Å²) in [6, 6.07) is 7.18. The van der Waals surface area contributed by atoms with Gasteiger partial charge in [0.25, 0.3) is 5.91 Å². The molecule has 2 aliphatic rings. The van der Waals surface area contributed by atoms with Crippen LogP contribution < -0.4 is 0 Å². The Morgan fingerprint density at radius 1 is 1.17 bits per heavy atom. The van der Waals surface area contributed by atoms with Crippen LogP contribution in [0.25, 0.3) is 11.3 Å². The molecule has 0 saturated heterocycles. The van der Waals surface area contributed by atoms with Crippen LogP contribution in [0.3, 0.4) is 0 Å². The van der Waals surface area contributed by atoms with Gasteiger partial charge >= 0.3 is 12.1 Å². The highest BCUT2D eigenvalue weighted by Crippen LogP contribution is 2.60. The van der Waals surface area contributed by atoms with Gasteiger partial charge in [0.1, 0.15) is 5.82 Å². The van der Waals surface area contributed by atoms with Crippen molar-refractivity contribution in [1.82, 2.24) is 24.5 Å². The van der Waals surface area contributed by atoms with E-state index in [1.54, 1.807) is 31.2 Å². The monoisotopic (exact) mass is 657 g/mol. The van der Waals surface area contributed by atoms with Crippen LogP contribution in [0.5, 0.6) is 0 Å². The third-order valence-corrected chi connectivity index (χ3v) is 9.19. The molecule has 14 heteroatoms. The molecule has 0 radical (unpaired) electrons. The van der Waals surface area contributed by atoms with Gasteiger partial charge in [-0.25, -0.2) is 9.18 Å². The van der Waals surface area contributed by atoms with Gasteiger partial charge in [0.15, 0.2) is 0 Å². The molecule has 1 unspecified atom stereocenters.